The van der Waals surface area contributed by atoms with Crippen LogP contribution < -0.4 is 22.1 Å². The maximum Gasteiger partial charge on any atom is 0.305 e. The molecule has 4 heterocycles. The Labute approximate surface area is 326 Å². The summed E-state index contributed by atoms with van der Waals surface area (Å²) in [6.45, 7) is 0.760. The molecule has 2 fully saturated rings. The van der Waals surface area contributed by atoms with E-state index in [1.54, 1.807) is 12.7 Å². The van der Waals surface area contributed by atoms with Gasteiger partial charge in [-0.1, -0.05) is 62.8 Å². The van der Waals surface area contributed by atoms with Gasteiger partial charge in [0, 0.05) is 36.8 Å². The molecule has 0 saturated heterocycles. The molecule has 4 aliphatic rings. The van der Waals surface area contributed by atoms with Crippen LogP contribution in [0.25, 0.3) is 22.3 Å². The summed E-state index contributed by atoms with van der Waals surface area (Å²) in [4.78, 5) is 51.7. The van der Waals surface area contributed by atoms with Crippen LogP contribution in [0.15, 0.2) is 37.0 Å². The lowest BCUT2D eigenvalue weighted by molar-refractivity contribution is -0.145. The van der Waals surface area contributed by atoms with E-state index in [0.717, 1.165) is 112 Å². The minimum atomic E-state index is -0.135. The number of carbonyl (C=O) groups excluding carboxylic acids is 2. The average molecular weight is 767 g/mol. The highest BCUT2D eigenvalue weighted by molar-refractivity contribution is 5.85. The summed E-state index contributed by atoms with van der Waals surface area (Å²) >= 11 is 0. The molecule has 0 aliphatic heterocycles. The van der Waals surface area contributed by atoms with E-state index in [-0.39, 0.29) is 47.8 Å². The van der Waals surface area contributed by atoms with Crippen LogP contribution in [-0.4, -0.2) is 76.3 Å². The zero-order chi connectivity index (χ0) is 38.4. The maximum atomic E-state index is 12.4. The zero-order valence-corrected chi connectivity index (χ0v) is 32.0. The van der Waals surface area contributed by atoms with Crippen LogP contribution in [0, 0.1) is 11.8 Å². The molecule has 4 aliphatic carbocycles. The number of esters is 2. The molecule has 0 unspecified atom stereocenters. The van der Waals surface area contributed by atoms with E-state index < -0.39 is 0 Å². The number of imidazole rings is 2. The predicted octanol–water partition coefficient (Wildman–Crippen LogP) is 6.20. The number of rotatable bonds is 21. The second-order valence-electron chi connectivity index (χ2n) is 15.9. The van der Waals surface area contributed by atoms with Gasteiger partial charge in [-0.2, -0.15) is 19.9 Å². The van der Waals surface area contributed by atoms with E-state index in [4.69, 9.17) is 20.9 Å². The van der Waals surface area contributed by atoms with Crippen molar-refractivity contribution in [2.75, 3.05) is 35.3 Å². The fourth-order valence-corrected chi connectivity index (χ4v) is 7.70. The van der Waals surface area contributed by atoms with E-state index in [2.05, 4.69) is 64.8 Å². The smallest absolute Gasteiger partial charge is 0.305 e. The summed E-state index contributed by atoms with van der Waals surface area (Å²) in [5, 5.41) is 6.81. The monoisotopic (exact) mass is 766 g/mol. The molecule has 16 nitrogen and oxygen atoms in total. The number of allylic oxidation sites excluding steroid dienone is 2. The van der Waals surface area contributed by atoms with Gasteiger partial charge >= 0.3 is 11.9 Å². The number of ether oxygens (including phenoxy) is 2. The highest BCUT2D eigenvalue weighted by Gasteiger charge is 2.29. The van der Waals surface area contributed by atoms with Crippen LogP contribution in [0.2, 0.25) is 0 Å². The molecule has 298 valence electrons. The van der Waals surface area contributed by atoms with Crippen molar-refractivity contribution < 1.29 is 19.1 Å². The third-order valence-corrected chi connectivity index (χ3v) is 11.2. The van der Waals surface area contributed by atoms with Crippen molar-refractivity contribution >= 4 is 57.8 Å². The lowest BCUT2D eigenvalue weighted by atomic mass is 10.1. The van der Waals surface area contributed by atoms with E-state index in [1.807, 2.05) is 9.13 Å². The van der Waals surface area contributed by atoms with Gasteiger partial charge in [0.05, 0.1) is 38.0 Å². The third-order valence-electron chi connectivity index (χ3n) is 11.2. The van der Waals surface area contributed by atoms with Crippen molar-refractivity contribution in [3.05, 3.63) is 37.0 Å². The first-order valence-electron chi connectivity index (χ1n) is 20.6. The number of nitrogen functional groups attached to an aromatic ring is 2. The summed E-state index contributed by atoms with van der Waals surface area (Å²) < 4.78 is 15.3. The second kappa shape index (κ2) is 17.2. The van der Waals surface area contributed by atoms with Crippen LogP contribution in [0.5, 0.6) is 0 Å². The van der Waals surface area contributed by atoms with Crippen molar-refractivity contribution in [3.63, 3.8) is 0 Å². The minimum Gasteiger partial charge on any atom is -0.465 e. The fourth-order valence-electron chi connectivity index (χ4n) is 7.70. The van der Waals surface area contributed by atoms with Gasteiger partial charge in [0.15, 0.2) is 34.0 Å². The van der Waals surface area contributed by atoms with E-state index in [0.29, 0.717) is 49.8 Å². The van der Waals surface area contributed by atoms with E-state index in [1.165, 1.54) is 0 Å². The first-order chi connectivity index (χ1) is 27.4. The average Bonchev–Trinajstić information content (AvgIpc) is 3.91. The molecule has 8 rings (SSSR count). The topological polar surface area (TPSA) is 216 Å². The Morgan fingerprint density at radius 1 is 0.607 bits per heavy atom. The number of hydrogen-bond acceptors (Lipinski definition) is 14. The molecule has 2 saturated carbocycles. The SMILES string of the molecule is Nc1nc(NC2CC2)c2ncn([C@H]3C=C[C@@H](COC(=O)CCCCCCCCCCC(=O)OC[C@@H]4C=C[C@H](n5cnc6c(NC7CC7)nc(N)nc65)C4)C3)c2n1. The Kier molecular flexibility index (Phi) is 11.6. The minimum absolute atomic E-state index is 0.0750. The van der Waals surface area contributed by atoms with Gasteiger partial charge in [-0.3, -0.25) is 9.59 Å². The van der Waals surface area contributed by atoms with Crippen molar-refractivity contribution in [2.45, 2.75) is 127 Å². The lowest BCUT2D eigenvalue weighted by Crippen LogP contribution is -2.14. The summed E-state index contributed by atoms with van der Waals surface area (Å²) in [5.74, 6) is 1.88. The number of anilines is 4. The third kappa shape index (κ3) is 9.56. The summed E-state index contributed by atoms with van der Waals surface area (Å²) in [7, 11) is 0. The maximum absolute atomic E-state index is 12.4. The fraction of sp³-hybridized carbons (Fsp3) is 0.600. The summed E-state index contributed by atoms with van der Waals surface area (Å²) in [6, 6.07) is 1.02. The molecular formula is C40H54N12O4. The van der Waals surface area contributed by atoms with E-state index >= 15 is 0 Å². The Bertz CT molecular complexity index is 1920. The molecule has 56 heavy (non-hydrogen) atoms. The molecule has 4 aromatic rings. The van der Waals surface area contributed by atoms with Gasteiger partial charge in [0.25, 0.3) is 0 Å². The molecule has 6 N–H and O–H groups in total. The van der Waals surface area contributed by atoms with Crippen molar-refractivity contribution in [1.82, 2.24) is 39.0 Å². The Hall–Kier alpha value is -5.28. The number of carbonyl (C=O) groups is 2. The van der Waals surface area contributed by atoms with Crippen molar-refractivity contribution in [2.24, 2.45) is 11.8 Å². The first-order valence-corrected chi connectivity index (χ1v) is 20.6. The Morgan fingerprint density at radius 3 is 1.43 bits per heavy atom. The largest absolute Gasteiger partial charge is 0.465 e. The number of unbranched alkanes of at least 4 members (excludes halogenated alkanes) is 7. The number of nitrogens with zero attached hydrogens (tertiary/aromatic N) is 8. The number of nitrogens with two attached hydrogens (primary N) is 2. The van der Waals surface area contributed by atoms with Gasteiger partial charge in [0.2, 0.25) is 11.9 Å². The standard InChI is InChI=1S/C40H54N12O4/c41-39-47-35(45-27-13-14-27)33-37(49-39)51(23-43-33)29-17-11-25(19-29)21-55-31(53)9-7-5-3-1-2-4-6-8-10-32(54)56-22-26-12-18-30(20-26)52-24-44-34-36(46-28-15-16-28)48-40(42)50-38(34)52/h11-12,17-18,23-30H,1-10,13-16,19-22H2,(H3,41,45,47,49)(H3,42,46,48,50)/t25-,26-,29+,30+/m1/s1. The van der Waals surface area contributed by atoms with Gasteiger partial charge in [-0.25, -0.2) is 9.97 Å². The van der Waals surface area contributed by atoms with Gasteiger partial charge < -0.3 is 40.7 Å². The molecule has 4 atom stereocenters. The van der Waals surface area contributed by atoms with Crippen molar-refractivity contribution in [3.8, 4) is 0 Å². The molecule has 0 bridgehead atoms. The zero-order valence-electron chi connectivity index (χ0n) is 32.0. The highest BCUT2D eigenvalue weighted by atomic mass is 16.5. The lowest BCUT2D eigenvalue weighted by Gasteiger charge is -2.15. The molecule has 0 spiro atoms. The molecule has 0 aromatic carbocycles. The Balaban J connectivity index is 0.634. The van der Waals surface area contributed by atoms with Crippen LogP contribution in [-0.2, 0) is 19.1 Å². The van der Waals surface area contributed by atoms with Gasteiger partial charge in [-0.15, -0.1) is 0 Å². The molecule has 0 radical (unpaired) electrons. The number of aromatic nitrogens is 8. The van der Waals surface area contributed by atoms with Crippen LogP contribution in [0.3, 0.4) is 0 Å². The van der Waals surface area contributed by atoms with Crippen LogP contribution in [0.4, 0.5) is 23.5 Å². The van der Waals surface area contributed by atoms with Gasteiger partial charge in [0.1, 0.15) is 0 Å². The molecule has 16 heteroatoms. The van der Waals surface area contributed by atoms with Gasteiger partial charge in [-0.05, 0) is 51.4 Å². The van der Waals surface area contributed by atoms with Crippen molar-refractivity contribution in [1.29, 1.82) is 0 Å². The summed E-state index contributed by atoms with van der Waals surface area (Å²) in [6.07, 6.45) is 27.3. The van der Waals surface area contributed by atoms with Crippen LogP contribution >= 0.6 is 0 Å². The summed E-state index contributed by atoms with van der Waals surface area (Å²) in [5.41, 5.74) is 14.9. The number of fused-ring (bicyclic) bond motifs is 2. The molecule has 0 amide bonds. The quantitative estimate of drug-likeness (QED) is 0.0422. The molecule has 4 aromatic heterocycles. The second-order valence-corrected chi connectivity index (χ2v) is 15.9. The number of hydrogen-bond donors (Lipinski definition) is 4. The molecular weight excluding hydrogens is 713 g/mol. The predicted molar refractivity (Wildman–Crippen MR) is 213 cm³/mol. The van der Waals surface area contributed by atoms with Crippen LogP contribution in [0.1, 0.15) is 115 Å². The number of nitrogens with one attached hydrogen (secondary N) is 2. The Morgan fingerprint density at radius 2 is 1.02 bits per heavy atom. The highest BCUT2D eigenvalue weighted by Crippen LogP contribution is 2.35. The first kappa shape index (κ1) is 37.6. The normalized spacial score (nSPS) is 21.6. The van der Waals surface area contributed by atoms with E-state index in [9.17, 15) is 9.59 Å².